The average Bonchev–Trinajstić information content (AvgIpc) is 2.73. The molecule has 150 valence electrons. The van der Waals surface area contributed by atoms with Crippen molar-refractivity contribution < 1.29 is 0 Å². The van der Waals surface area contributed by atoms with Crippen LogP contribution in [0.25, 0.3) is 21.2 Å². The molecule has 3 aromatic carbocycles. The molecule has 0 fully saturated rings. The van der Waals surface area contributed by atoms with E-state index in [9.17, 15) is 0 Å². The van der Waals surface area contributed by atoms with Gasteiger partial charge in [-0.1, -0.05) is 85.7 Å². The van der Waals surface area contributed by atoms with E-state index >= 15 is 0 Å². The SMILES string of the molecule is CC(C)Cc1ccc([C@H](CN=[N+]=[N-])CN[C@@H](C)c2cccc3ccccc23)cc1. The summed E-state index contributed by atoms with van der Waals surface area (Å²) in [6.07, 6.45) is 1.08. The Labute approximate surface area is 173 Å². The van der Waals surface area contributed by atoms with Gasteiger partial charge in [0.2, 0.25) is 0 Å². The monoisotopic (exact) mass is 386 g/mol. The second kappa shape index (κ2) is 10.1. The van der Waals surface area contributed by atoms with Crippen LogP contribution in [0.3, 0.4) is 0 Å². The molecular weight excluding hydrogens is 356 g/mol. The van der Waals surface area contributed by atoms with Crippen LogP contribution in [0.1, 0.15) is 49.4 Å². The van der Waals surface area contributed by atoms with Crippen LogP contribution < -0.4 is 5.32 Å². The summed E-state index contributed by atoms with van der Waals surface area (Å²) in [4.78, 5) is 2.98. The molecule has 4 heteroatoms. The van der Waals surface area contributed by atoms with Crippen LogP contribution in [-0.4, -0.2) is 13.1 Å². The summed E-state index contributed by atoms with van der Waals surface area (Å²) in [6.45, 7) is 7.87. The molecular formula is C25H30N4. The maximum absolute atomic E-state index is 8.82. The summed E-state index contributed by atoms with van der Waals surface area (Å²) in [7, 11) is 0. The van der Waals surface area contributed by atoms with Crippen molar-refractivity contribution in [1.29, 1.82) is 0 Å². The van der Waals surface area contributed by atoms with Gasteiger partial charge in [-0.3, -0.25) is 0 Å². The highest BCUT2D eigenvalue weighted by Gasteiger charge is 2.15. The first-order valence-electron chi connectivity index (χ1n) is 10.4. The fourth-order valence-corrected chi connectivity index (χ4v) is 3.88. The second-order valence-corrected chi connectivity index (χ2v) is 8.15. The van der Waals surface area contributed by atoms with Gasteiger partial charge < -0.3 is 5.32 Å². The van der Waals surface area contributed by atoms with Gasteiger partial charge in [-0.15, -0.1) is 0 Å². The molecule has 0 spiro atoms. The van der Waals surface area contributed by atoms with Gasteiger partial charge in [-0.05, 0) is 52.3 Å². The molecule has 3 rings (SSSR count). The lowest BCUT2D eigenvalue weighted by Crippen LogP contribution is -2.26. The van der Waals surface area contributed by atoms with Crippen LogP contribution in [0.2, 0.25) is 0 Å². The Morgan fingerprint density at radius 2 is 1.66 bits per heavy atom. The summed E-state index contributed by atoms with van der Waals surface area (Å²) in [6, 6.07) is 23.9. The first-order valence-corrected chi connectivity index (χ1v) is 10.4. The highest BCUT2D eigenvalue weighted by atomic mass is 15.1. The quantitative estimate of drug-likeness (QED) is 0.246. The van der Waals surface area contributed by atoms with Crippen molar-refractivity contribution in [1.82, 2.24) is 5.32 Å². The highest BCUT2D eigenvalue weighted by Crippen LogP contribution is 2.25. The minimum Gasteiger partial charge on any atom is -0.310 e. The predicted octanol–water partition coefficient (Wildman–Crippen LogP) is 6.78. The molecule has 4 nitrogen and oxygen atoms in total. The minimum absolute atomic E-state index is 0.149. The Kier molecular flexibility index (Phi) is 7.29. The lowest BCUT2D eigenvalue weighted by Gasteiger charge is -2.21. The molecule has 0 saturated carbocycles. The fraction of sp³-hybridized carbons (Fsp3) is 0.360. The number of fused-ring (bicyclic) bond motifs is 1. The van der Waals surface area contributed by atoms with Gasteiger partial charge in [0.25, 0.3) is 0 Å². The lowest BCUT2D eigenvalue weighted by molar-refractivity contribution is 0.524. The van der Waals surface area contributed by atoms with Crippen molar-refractivity contribution in [3.05, 3.63) is 93.9 Å². The van der Waals surface area contributed by atoms with Crippen LogP contribution in [0, 0.1) is 5.92 Å². The van der Waals surface area contributed by atoms with Crippen LogP contribution >= 0.6 is 0 Å². The molecule has 0 aromatic heterocycles. The third kappa shape index (κ3) is 5.60. The first-order chi connectivity index (χ1) is 14.1. The smallest absolute Gasteiger partial charge is 0.0338 e. The third-order valence-electron chi connectivity index (χ3n) is 5.42. The summed E-state index contributed by atoms with van der Waals surface area (Å²) < 4.78 is 0. The normalized spacial score (nSPS) is 13.2. The Bertz CT molecular complexity index is 966. The lowest BCUT2D eigenvalue weighted by atomic mass is 9.94. The largest absolute Gasteiger partial charge is 0.310 e. The van der Waals surface area contributed by atoms with Crippen molar-refractivity contribution in [2.45, 2.75) is 39.2 Å². The van der Waals surface area contributed by atoms with E-state index in [1.807, 2.05) is 0 Å². The maximum atomic E-state index is 8.82. The first kappa shape index (κ1) is 20.9. The van der Waals surface area contributed by atoms with Crippen molar-refractivity contribution >= 4 is 10.8 Å². The Hall–Kier alpha value is -2.81. The van der Waals surface area contributed by atoms with E-state index in [-0.39, 0.29) is 12.0 Å². The third-order valence-corrected chi connectivity index (χ3v) is 5.42. The standard InChI is InChI=1S/C25H30N4/c1-18(2)15-20-11-13-21(14-12-20)23(17-28-29-26)16-27-19(3)24-10-6-8-22-7-4-5-9-25(22)24/h4-14,18-19,23,27H,15-17H2,1-3H3/t19-,23-/m0/s1. The number of azide groups is 1. The van der Waals surface area contributed by atoms with E-state index < -0.39 is 0 Å². The Morgan fingerprint density at radius 3 is 2.38 bits per heavy atom. The van der Waals surface area contributed by atoms with Gasteiger partial charge >= 0.3 is 0 Å². The van der Waals surface area contributed by atoms with Gasteiger partial charge in [0.15, 0.2) is 0 Å². The number of hydrogen-bond donors (Lipinski definition) is 1. The summed E-state index contributed by atoms with van der Waals surface area (Å²) in [5, 5.41) is 10.1. The number of hydrogen-bond acceptors (Lipinski definition) is 2. The Balaban J connectivity index is 1.74. The highest BCUT2D eigenvalue weighted by molar-refractivity contribution is 5.86. The fourth-order valence-electron chi connectivity index (χ4n) is 3.88. The van der Waals surface area contributed by atoms with Crippen LogP contribution in [0.15, 0.2) is 71.8 Å². The zero-order chi connectivity index (χ0) is 20.6. The van der Waals surface area contributed by atoms with Gasteiger partial charge in [-0.2, -0.15) is 0 Å². The van der Waals surface area contributed by atoms with Gasteiger partial charge in [-0.25, -0.2) is 0 Å². The van der Waals surface area contributed by atoms with Gasteiger partial charge in [0.1, 0.15) is 0 Å². The molecule has 0 aliphatic rings. The van der Waals surface area contributed by atoms with Crippen LogP contribution in [-0.2, 0) is 6.42 Å². The molecule has 0 aliphatic heterocycles. The van der Waals surface area contributed by atoms with Crippen molar-refractivity contribution in [2.24, 2.45) is 11.0 Å². The van der Waals surface area contributed by atoms with Crippen LogP contribution in [0.5, 0.6) is 0 Å². The average molecular weight is 387 g/mol. The van der Waals surface area contributed by atoms with E-state index in [0.29, 0.717) is 12.5 Å². The molecule has 0 radical (unpaired) electrons. The molecule has 0 bridgehead atoms. The second-order valence-electron chi connectivity index (χ2n) is 8.15. The molecule has 1 N–H and O–H groups in total. The minimum atomic E-state index is 0.149. The molecule has 0 heterocycles. The number of nitrogens with one attached hydrogen (secondary N) is 1. The molecule has 0 aliphatic carbocycles. The molecule has 2 atom stereocenters. The summed E-state index contributed by atoms with van der Waals surface area (Å²) >= 11 is 0. The van der Waals surface area contributed by atoms with Crippen LogP contribution in [0.4, 0.5) is 0 Å². The number of nitrogens with zero attached hydrogens (tertiary/aromatic N) is 3. The Morgan fingerprint density at radius 1 is 0.931 bits per heavy atom. The van der Waals surface area contributed by atoms with E-state index in [0.717, 1.165) is 13.0 Å². The van der Waals surface area contributed by atoms with Gasteiger partial charge in [0, 0.05) is 30.0 Å². The number of benzene rings is 3. The van der Waals surface area contributed by atoms with E-state index in [1.54, 1.807) is 0 Å². The molecule has 0 amide bonds. The van der Waals surface area contributed by atoms with Crippen molar-refractivity contribution in [3.8, 4) is 0 Å². The number of rotatable bonds is 9. The van der Waals surface area contributed by atoms with E-state index in [4.69, 9.17) is 5.53 Å². The predicted molar refractivity (Wildman–Crippen MR) is 122 cm³/mol. The van der Waals surface area contributed by atoms with E-state index in [1.165, 1.54) is 27.5 Å². The summed E-state index contributed by atoms with van der Waals surface area (Å²) in [5.74, 6) is 0.791. The topological polar surface area (TPSA) is 60.8 Å². The zero-order valence-electron chi connectivity index (χ0n) is 17.5. The van der Waals surface area contributed by atoms with Crippen molar-refractivity contribution in [2.75, 3.05) is 13.1 Å². The maximum Gasteiger partial charge on any atom is 0.0338 e. The zero-order valence-corrected chi connectivity index (χ0v) is 17.5. The molecule has 3 aromatic rings. The molecule has 29 heavy (non-hydrogen) atoms. The van der Waals surface area contributed by atoms with Gasteiger partial charge in [0.05, 0.1) is 0 Å². The van der Waals surface area contributed by atoms with Crippen molar-refractivity contribution in [3.63, 3.8) is 0 Å². The molecule has 0 saturated heterocycles. The van der Waals surface area contributed by atoms with E-state index in [2.05, 4.69) is 103 Å². The summed E-state index contributed by atoms with van der Waals surface area (Å²) in [5.41, 5.74) is 12.7. The molecule has 0 unspecified atom stereocenters.